The number of hydrogen-bond acceptors (Lipinski definition) is 3. The smallest absolute Gasteiger partial charge is 0.112 e. The van der Waals surface area contributed by atoms with Crippen LogP contribution in [0.2, 0.25) is 0 Å². The Bertz CT molecular complexity index is 655. The molecule has 0 amide bonds. The number of benzene rings is 1. The first kappa shape index (κ1) is 12.4. The third-order valence-electron chi connectivity index (χ3n) is 3.23. The van der Waals surface area contributed by atoms with Gasteiger partial charge in [-0.05, 0) is 18.2 Å². The molecule has 3 rings (SSSR count). The zero-order valence-corrected chi connectivity index (χ0v) is 11.8. The number of hydrogen-bond donors (Lipinski definition) is 1. The number of nitrogens with one attached hydrogen (secondary N) is 1. The maximum atomic E-state index is 4.37. The van der Waals surface area contributed by atoms with Gasteiger partial charge in [0.25, 0.3) is 0 Å². The average Bonchev–Trinajstić information content (AvgIpc) is 3.06. The molecule has 0 aliphatic carbocycles. The summed E-state index contributed by atoms with van der Waals surface area (Å²) in [6.45, 7) is 4.90. The summed E-state index contributed by atoms with van der Waals surface area (Å²) in [6.07, 6.45) is 4.11. The molecule has 0 saturated carbocycles. The Kier molecular flexibility index (Phi) is 3.62. The molecule has 0 aliphatic heterocycles. The topological polar surface area (TPSA) is 29.9 Å². The molecule has 0 saturated heterocycles. The average molecular weight is 271 g/mol. The number of aromatic nitrogens is 2. The summed E-state index contributed by atoms with van der Waals surface area (Å²) in [7, 11) is 0. The highest BCUT2D eigenvalue weighted by atomic mass is 32.1. The molecule has 19 heavy (non-hydrogen) atoms. The zero-order valence-electron chi connectivity index (χ0n) is 11.0. The molecule has 4 heteroatoms. The monoisotopic (exact) mass is 271 g/mol. The van der Waals surface area contributed by atoms with Crippen molar-refractivity contribution in [2.24, 2.45) is 0 Å². The summed E-state index contributed by atoms with van der Waals surface area (Å²) in [4.78, 5) is 4.37. The van der Waals surface area contributed by atoms with E-state index >= 15 is 0 Å². The van der Waals surface area contributed by atoms with Crippen LogP contribution in [0.15, 0.2) is 42.0 Å². The van der Waals surface area contributed by atoms with Crippen molar-refractivity contribution in [3.05, 3.63) is 52.6 Å². The predicted octanol–water partition coefficient (Wildman–Crippen LogP) is 3.26. The Hall–Kier alpha value is -1.65. The molecule has 0 unspecified atom stereocenters. The van der Waals surface area contributed by atoms with Gasteiger partial charge in [-0.1, -0.05) is 25.1 Å². The molecule has 0 spiro atoms. The first-order chi connectivity index (χ1) is 9.38. The van der Waals surface area contributed by atoms with Crippen LogP contribution in [0.4, 0.5) is 0 Å². The van der Waals surface area contributed by atoms with Crippen LogP contribution in [0.25, 0.3) is 10.9 Å². The number of nitrogens with zero attached hydrogens (tertiary/aromatic N) is 2. The molecular weight excluding hydrogens is 254 g/mol. The summed E-state index contributed by atoms with van der Waals surface area (Å²) in [5.41, 5.74) is 2.64. The standard InChI is InChI=1S/C15H17N3S/c1-2-16-9-12-10-18(11-15-17-7-8-19-15)14-6-4-3-5-13(12)14/h3-8,10,16H,2,9,11H2,1H3. The fourth-order valence-electron chi connectivity index (χ4n) is 2.33. The van der Waals surface area contributed by atoms with E-state index in [1.165, 1.54) is 16.5 Å². The summed E-state index contributed by atoms with van der Waals surface area (Å²) < 4.78 is 2.29. The van der Waals surface area contributed by atoms with Crippen LogP contribution in [0, 0.1) is 0 Å². The van der Waals surface area contributed by atoms with E-state index in [1.807, 2.05) is 11.6 Å². The Morgan fingerprint density at radius 1 is 1.32 bits per heavy atom. The molecular formula is C15H17N3S. The van der Waals surface area contributed by atoms with E-state index in [9.17, 15) is 0 Å². The number of rotatable bonds is 5. The molecule has 1 aromatic carbocycles. The Morgan fingerprint density at radius 3 is 3.00 bits per heavy atom. The minimum atomic E-state index is 0.851. The van der Waals surface area contributed by atoms with Crippen molar-refractivity contribution >= 4 is 22.2 Å². The highest BCUT2D eigenvalue weighted by molar-refractivity contribution is 7.09. The Labute approximate surface area is 116 Å². The molecule has 3 aromatic rings. The van der Waals surface area contributed by atoms with Crippen LogP contribution in [-0.2, 0) is 13.1 Å². The van der Waals surface area contributed by atoms with Crippen molar-refractivity contribution in [1.82, 2.24) is 14.9 Å². The molecule has 0 radical (unpaired) electrons. The fraction of sp³-hybridized carbons (Fsp3) is 0.267. The van der Waals surface area contributed by atoms with Crippen LogP contribution in [0.1, 0.15) is 17.5 Å². The molecule has 0 bridgehead atoms. The lowest BCUT2D eigenvalue weighted by Gasteiger charge is -2.01. The van der Waals surface area contributed by atoms with Crippen LogP contribution >= 0.6 is 11.3 Å². The van der Waals surface area contributed by atoms with Gasteiger partial charge in [-0.25, -0.2) is 4.98 Å². The minimum absolute atomic E-state index is 0.851. The van der Waals surface area contributed by atoms with Gasteiger partial charge in [0.2, 0.25) is 0 Å². The van der Waals surface area contributed by atoms with Gasteiger partial charge in [0.15, 0.2) is 0 Å². The first-order valence-corrected chi connectivity index (χ1v) is 7.42. The highest BCUT2D eigenvalue weighted by Crippen LogP contribution is 2.22. The van der Waals surface area contributed by atoms with Gasteiger partial charge in [0, 0.05) is 35.2 Å². The normalized spacial score (nSPS) is 11.2. The molecule has 98 valence electrons. The molecule has 0 aliphatic rings. The van der Waals surface area contributed by atoms with E-state index in [0.29, 0.717) is 0 Å². The fourth-order valence-corrected chi connectivity index (χ4v) is 2.95. The van der Waals surface area contributed by atoms with Crippen LogP contribution in [0.5, 0.6) is 0 Å². The molecule has 3 nitrogen and oxygen atoms in total. The lowest BCUT2D eigenvalue weighted by molar-refractivity contribution is 0.724. The highest BCUT2D eigenvalue weighted by Gasteiger charge is 2.08. The maximum Gasteiger partial charge on any atom is 0.112 e. The van der Waals surface area contributed by atoms with E-state index in [0.717, 1.165) is 24.6 Å². The van der Waals surface area contributed by atoms with E-state index in [4.69, 9.17) is 0 Å². The van der Waals surface area contributed by atoms with Gasteiger partial charge in [0.1, 0.15) is 5.01 Å². The molecule has 2 heterocycles. The van der Waals surface area contributed by atoms with Crippen molar-refractivity contribution < 1.29 is 0 Å². The Morgan fingerprint density at radius 2 is 2.21 bits per heavy atom. The van der Waals surface area contributed by atoms with Gasteiger partial charge < -0.3 is 9.88 Å². The Balaban J connectivity index is 1.99. The van der Waals surface area contributed by atoms with Crippen molar-refractivity contribution in [2.75, 3.05) is 6.54 Å². The van der Waals surface area contributed by atoms with Crippen LogP contribution < -0.4 is 5.32 Å². The van der Waals surface area contributed by atoms with Gasteiger partial charge in [-0.3, -0.25) is 0 Å². The van der Waals surface area contributed by atoms with E-state index in [1.54, 1.807) is 11.3 Å². The van der Waals surface area contributed by atoms with Gasteiger partial charge in [-0.2, -0.15) is 0 Å². The van der Waals surface area contributed by atoms with E-state index in [2.05, 4.69) is 52.3 Å². The number of para-hydroxylation sites is 1. The van der Waals surface area contributed by atoms with Crippen molar-refractivity contribution in [3.63, 3.8) is 0 Å². The summed E-state index contributed by atoms with van der Waals surface area (Å²) in [6, 6.07) is 8.57. The number of fused-ring (bicyclic) bond motifs is 1. The van der Waals surface area contributed by atoms with Crippen molar-refractivity contribution in [2.45, 2.75) is 20.0 Å². The lowest BCUT2D eigenvalue weighted by Crippen LogP contribution is -2.11. The van der Waals surface area contributed by atoms with Gasteiger partial charge in [0.05, 0.1) is 6.54 Å². The lowest BCUT2D eigenvalue weighted by atomic mass is 10.2. The van der Waals surface area contributed by atoms with Crippen molar-refractivity contribution in [3.8, 4) is 0 Å². The van der Waals surface area contributed by atoms with E-state index in [-0.39, 0.29) is 0 Å². The van der Waals surface area contributed by atoms with Crippen LogP contribution in [-0.4, -0.2) is 16.1 Å². The summed E-state index contributed by atoms with van der Waals surface area (Å²) in [5.74, 6) is 0. The van der Waals surface area contributed by atoms with Gasteiger partial charge >= 0.3 is 0 Å². The SMILES string of the molecule is CCNCc1cn(Cc2nccs2)c2ccccc12. The largest absolute Gasteiger partial charge is 0.340 e. The second kappa shape index (κ2) is 5.55. The molecule has 0 atom stereocenters. The number of thiazole rings is 1. The maximum absolute atomic E-state index is 4.37. The van der Waals surface area contributed by atoms with E-state index < -0.39 is 0 Å². The van der Waals surface area contributed by atoms with Gasteiger partial charge in [-0.15, -0.1) is 11.3 Å². The predicted molar refractivity (Wildman–Crippen MR) is 80.5 cm³/mol. The second-order valence-corrected chi connectivity index (χ2v) is 5.48. The third kappa shape index (κ3) is 2.55. The molecule has 1 N–H and O–H groups in total. The minimum Gasteiger partial charge on any atom is -0.340 e. The van der Waals surface area contributed by atoms with Crippen molar-refractivity contribution in [1.29, 1.82) is 0 Å². The quantitative estimate of drug-likeness (QED) is 0.772. The third-order valence-corrected chi connectivity index (χ3v) is 3.99. The van der Waals surface area contributed by atoms with Crippen LogP contribution in [0.3, 0.4) is 0 Å². The zero-order chi connectivity index (χ0) is 13.1. The summed E-state index contributed by atoms with van der Waals surface area (Å²) >= 11 is 1.71. The second-order valence-electron chi connectivity index (χ2n) is 4.51. The summed E-state index contributed by atoms with van der Waals surface area (Å²) in [5, 5.41) is 7.91. The first-order valence-electron chi connectivity index (χ1n) is 6.54. The molecule has 0 fully saturated rings. The molecule has 2 aromatic heterocycles.